The molecular weight excluding hydrogens is 255 g/mol. The van der Waals surface area contributed by atoms with Crippen LogP contribution in [0.4, 0.5) is 18.9 Å². The van der Waals surface area contributed by atoms with Crippen molar-refractivity contribution < 1.29 is 21.6 Å². The first-order valence-corrected chi connectivity index (χ1v) is 6.53. The molecule has 0 aromatic heterocycles. The van der Waals surface area contributed by atoms with Crippen molar-refractivity contribution in [1.82, 2.24) is 0 Å². The van der Waals surface area contributed by atoms with Gasteiger partial charge in [-0.2, -0.15) is 13.2 Å². The first kappa shape index (κ1) is 13.8. The number of hydrogen-bond donors (Lipinski definition) is 1. The average molecular weight is 267 g/mol. The lowest BCUT2D eigenvalue weighted by Crippen LogP contribution is -2.11. The molecule has 1 aromatic carbocycles. The van der Waals surface area contributed by atoms with Crippen LogP contribution in [0.25, 0.3) is 0 Å². The third-order valence-electron chi connectivity index (χ3n) is 2.15. The number of rotatable bonds is 3. The minimum Gasteiger partial charge on any atom is -0.398 e. The minimum absolute atomic E-state index is 0.136. The van der Waals surface area contributed by atoms with Crippen LogP contribution in [0, 0.1) is 0 Å². The van der Waals surface area contributed by atoms with E-state index in [-0.39, 0.29) is 16.3 Å². The van der Waals surface area contributed by atoms with Gasteiger partial charge in [-0.05, 0) is 24.6 Å². The van der Waals surface area contributed by atoms with Crippen LogP contribution >= 0.6 is 0 Å². The number of benzene rings is 1. The summed E-state index contributed by atoms with van der Waals surface area (Å²) in [5.41, 5.74) is 4.03. The summed E-state index contributed by atoms with van der Waals surface area (Å²) < 4.78 is 60.3. The molecule has 0 spiro atoms. The van der Waals surface area contributed by atoms with Gasteiger partial charge in [-0.15, -0.1) is 0 Å². The fraction of sp³-hybridized carbons (Fsp3) is 0.400. The fourth-order valence-electron chi connectivity index (χ4n) is 1.39. The lowest BCUT2D eigenvalue weighted by molar-refractivity contribution is -0.137. The number of nitrogens with two attached hydrogens (primary N) is 1. The van der Waals surface area contributed by atoms with Crippen molar-refractivity contribution in [2.75, 3.05) is 11.5 Å². The van der Waals surface area contributed by atoms with Crippen LogP contribution in [-0.2, 0) is 16.0 Å². The smallest absolute Gasteiger partial charge is 0.398 e. The van der Waals surface area contributed by atoms with E-state index in [2.05, 4.69) is 0 Å². The van der Waals surface area contributed by atoms with Gasteiger partial charge in [0.1, 0.15) is 0 Å². The van der Waals surface area contributed by atoms with E-state index in [0.29, 0.717) is 12.5 Å². The predicted molar refractivity (Wildman–Crippen MR) is 58.2 cm³/mol. The molecular formula is C10H12F3NO2S. The van der Waals surface area contributed by atoms with E-state index < -0.39 is 21.6 Å². The first-order valence-electron chi connectivity index (χ1n) is 4.88. The topological polar surface area (TPSA) is 60.2 Å². The molecule has 0 heterocycles. The minimum atomic E-state index is -4.53. The third kappa shape index (κ3) is 3.12. The van der Waals surface area contributed by atoms with Crippen LogP contribution in [0.3, 0.4) is 0 Å². The zero-order valence-corrected chi connectivity index (χ0v) is 9.90. The maximum absolute atomic E-state index is 12.3. The molecule has 0 saturated heterocycles. The summed E-state index contributed by atoms with van der Waals surface area (Å²) in [4.78, 5) is -0.243. The average Bonchev–Trinajstić information content (AvgIpc) is 2.15. The van der Waals surface area contributed by atoms with Crippen molar-refractivity contribution in [3.8, 4) is 0 Å². The SMILES string of the molecule is CCCS(=O)(=O)c1ccc(C(F)(F)F)cc1N. The van der Waals surface area contributed by atoms with Crippen molar-refractivity contribution in [1.29, 1.82) is 0 Å². The van der Waals surface area contributed by atoms with Gasteiger partial charge in [0, 0.05) is 0 Å². The van der Waals surface area contributed by atoms with Crippen molar-refractivity contribution in [2.24, 2.45) is 0 Å². The summed E-state index contributed by atoms with van der Waals surface area (Å²) in [5.74, 6) is -0.136. The Hall–Kier alpha value is -1.24. The number of sulfone groups is 1. The monoisotopic (exact) mass is 267 g/mol. The van der Waals surface area contributed by atoms with E-state index in [1.807, 2.05) is 0 Å². The molecule has 0 amide bonds. The number of halogens is 3. The van der Waals surface area contributed by atoms with Gasteiger partial charge in [-0.1, -0.05) is 6.92 Å². The van der Waals surface area contributed by atoms with E-state index in [0.717, 1.165) is 12.1 Å². The van der Waals surface area contributed by atoms with Gasteiger partial charge in [0.05, 0.1) is 21.9 Å². The molecule has 3 nitrogen and oxygen atoms in total. The Kier molecular flexibility index (Phi) is 3.71. The maximum Gasteiger partial charge on any atom is 0.416 e. The summed E-state index contributed by atoms with van der Waals surface area (Å²) in [7, 11) is -3.60. The van der Waals surface area contributed by atoms with Crippen LogP contribution in [0.5, 0.6) is 0 Å². The molecule has 1 rings (SSSR count). The second kappa shape index (κ2) is 4.56. The molecule has 2 N–H and O–H groups in total. The first-order chi connectivity index (χ1) is 7.68. The van der Waals surface area contributed by atoms with E-state index >= 15 is 0 Å². The van der Waals surface area contributed by atoms with Crippen LogP contribution in [0.1, 0.15) is 18.9 Å². The van der Waals surface area contributed by atoms with Gasteiger partial charge in [0.25, 0.3) is 0 Å². The zero-order valence-electron chi connectivity index (χ0n) is 9.08. The second-order valence-electron chi connectivity index (χ2n) is 3.57. The summed E-state index contributed by atoms with van der Waals surface area (Å²) in [5, 5.41) is 0. The van der Waals surface area contributed by atoms with Crippen LogP contribution in [0.2, 0.25) is 0 Å². The molecule has 0 atom stereocenters. The Morgan fingerprint density at radius 3 is 2.29 bits per heavy atom. The number of anilines is 1. The number of hydrogen-bond acceptors (Lipinski definition) is 3. The van der Waals surface area contributed by atoms with Gasteiger partial charge < -0.3 is 5.73 Å². The normalized spacial score (nSPS) is 12.7. The Balaban J connectivity index is 3.24. The summed E-state index contributed by atoms with van der Waals surface area (Å²) >= 11 is 0. The lowest BCUT2D eigenvalue weighted by atomic mass is 10.2. The van der Waals surface area contributed by atoms with Gasteiger partial charge in [0.2, 0.25) is 0 Å². The Morgan fingerprint density at radius 1 is 1.29 bits per heavy atom. The molecule has 17 heavy (non-hydrogen) atoms. The quantitative estimate of drug-likeness (QED) is 0.856. The second-order valence-corrected chi connectivity index (χ2v) is 5.65. The van der Waals surface area contributed by atoms with Crippen LogP contribution in [0.15, 0.2) is 23.1 Å². The zero-order chi connectivity index (χ0) is 13.3. The van der Waals surface area contributed by atoms with Crippen LogP contribution < -0.4 is 5.73 Å². The molecule has 7 heteroatoms. The molecule has 0 aliphatic carbocycles. The molecule has 0 aliphatic rings. The van der Waals surface area contributed by atoms with Crippen molar-refractivity contribution in [3.63, 3.8) is 0 Å². The number of nitrogen functional groups attached to an aromatic ring is 1. The Labute approximate surface area is 97.4 Å². The van der Waals surface area contributed by atoms with Gasteiger partial charge in [-0.25, -0.2) is 8.42 Å². The molecule has 96 valence electrons. The molecule has 0 radical (unpaired) electrons. The standard InChI is InChI=1S/C10H12F3NO2S/c1-2-5-17(15,16)9-4-3-7(6-8(9)14)10(11,12)13/h3-4,6H,2,5,14H2,1H3. The fourth-order valence-corrected chi connectivity index (χ4v) is 2.84. The molecule has 0 saturated carbocycles. The molecule has 0 aliphatic heterocycles. The largest absolute Gasteiger partial charge is 0.416 e. The summed E-state index contributed by atoms with van der Waals surface area (Å²) in [6.45, 7) is 1.66. The highest BCUT2D eigenvalue weighted by Crippen LogP contribution is 2.32. The highest BCUT2D eigenvalue weighted by Gasteiger charge is 2.31. The van der Waals surface area contributed by atoms with Crippen LogP contribution in [-0.4, -0.2) is 14.2 Å². The van der Waals surface area contributed by atoms with E-state index in [9.17, 15) is 21.6 Å². The van der Waals surface area contributed by atoms with Gasteiger partial charge >= 0.3 is 6.18 Å². The Bertz CT molecular complexity index is 509. The van der Waals surface area contributed by atoms with Gasteiger partial charge in [0.15, 0.2) is 9.84 Å². The highest BCUT2D eigenvalue weighted by atomic mass is 32.2. The summed E-state index contributed by atoms with van der Waals surface area (Å²) in [6, 6.07) is 2.27. The maximum atomic E-state index is 12.3. The molecule has 0 bridgehead atoms. The third-order valence-corrected chi connectivity index (χ3v) is 4.13. The van der Waals surface area contributed by atoms with Crippen molar-refractivity contribution in [2.45, 2.75) is 24.4 Å². The molecule has 0 fully saturated rings. The van der Waals surface area contributed by atoms with E-state index in [1.54, 1.807) is 6.92 Å². The molecule has 0 unspecified atom stereocenters. The van der Waals surface area contributed by atoms with Crippen molar-refractivity contribution >= 4 is 15.5 Å². The molecule has 1 aromatic rings. The lowest BCUT2D eigenvalue weighted by Gasteiger charge is -2.10. The predicted octanol–water partition coefficient (Wildman–Crippen LogP) is 2.47. The van der Waals surface area contributed by atoms with E-state index in [1.165, 1.54) is 0 Å². The number of alkyl halides is 3. The van der Waals surface area contributed by atoms with E-state index in [4.69, 9.17) is 5.73 Å². The van der Waals surface area contributed by atoms with Gasteiger partial charge in [-0.3, -0.25) is 0 Å². The highest BCUT2D eigenvalue weighted by molar-refractivity contribution is 7.91. The summed E-state index contributed by atoms with van der Waals surface area (Å²) in [6.07, 6.45) is -4.15. The van der Waals surface area contributed by atoms with Crippen molar-refractivity contribution in [3.05, 3.63) is 23.8 Å². The Morgan fingerprint density at radius 2 is 1.88 bits per heavy atom.